The van der Waals surface area contributed by atoms with Crippen LogP contribution in [-0.2, 0) is 6.54 Å². The summed E-state index contributed by atoms with van der Waals surface area (Å²) in [6, 6.07) is 11.7. The van der Waals surface area contributed by atoms with Crippen LogP contribution in [-0.4, -0.2) is 23.2 Å². The molecule has 0 bridgehead atoms. The first-order chi connectivity index (χ1) is 11.1. The summed E-state index contributed by atoms with van der Waals surface area (Å²) < 4.78 is 6.22. The van der Waals surface area contributed by atoms with Gasteiger partial charge in [0.15, 0.2) is 5.11 Å². The monoisotopic (exact) mass is 366 g/mol. The number of nitrogens with zero attached hydrogens (tertiary/aromatic N) is 1. The Morgan fingerprint density at radius 2 is 2.09 bits per heavy atom. The minimum absolute atomic E-state index is 0.651. The number of ether oxygens (including phenoxy) is 1. The van der Waals surface area contributed by atoms with Gasteiger partial charge in [0.1, 0.15) is 5.75 Å². The molecule has 6 heteroatoms. The molecule has 3 nitrogen and oxygen atoms in total. The molecule has 23 heavy (non-hydrogen) atoms. The molecule has 1 aromatic heterocycles. The van der Waals surface area contributed by atoms with E-state index in [2.05, 4.69) is 11.9 Å². The molecule has 2 rings (SSSR count). The zero-order valence-corrected chi connectivity index (χ0v) is 15.3. The van der Waals surface area contributed by atoms with E-state index in [1.54, 1.807) is 11.3 Å². The van der Waals surface area contributed by atoms with Crippen molar-refractivity contribution in [2.75, 3.05) is 18.5 Å². The average Bonchev–Trinajstić information content (AvgIpc) is 2.94. The fraction of sp³-hybridized carbons (Fsp3) is 0.235. The quantitative estimate of drug-likeness (QED) is 0.538. The zero-order valence-electron chi connectivity index (χ0n) is 12.9. The third-order valence-electron chi connectivity index (χ3n) is 3.03. The average molecular weight is 367 g/mol. The van der Waals surface area contributed by atoms with Crippen molar-refractivity contribution in [2.24, 2.45) is 0 Å². The van der Waals surface area contributed by atoms with Gasteiger partial charge in [-0.1, -0.05) is 17.7 Å². The summed E-state index contributed by atoms with van der Waals surface area (Å²) in [5.74, 6) is 0.847. The van der Waals surface area contributed by atoms with Gasteiger partial charge in [0.2, 0.25) is 0 Å². The smallest absolute Gasteiger partial charge is 0.174 e. The van der Waals surface area contributed by atoms with Gasteiger partial charge in [0.05, 0.1) is 17.5 Å². The van der Waals surface area contributed by atoms with Crippen LogP contribution in [0.1, 0.15) is 11.8 Å². The van der Waals surface area contributed by atoms with Crippen molar-refractivity contribution >= 4 is 46.0 Å². The highest BCUT2D eigenvalue weighted by atomic mass is 35.5. The van der Waals surface area contributed by atoms with E-state index in [-0.39, 0.29) is 0 Å². The summed E-state index contributed by atoms with van der Waals surface area (Å²) >= 11 is 13.1. The van der Waals surface area contributed by atoms with E-state index in [0.717, 1.165) is 20.7 Å². The molecule has 0 aliphatic carbocycles. The van der Waals surface area contributed by atoms with Gasteiger partial charge in [-0.05, 0) is 55.5 Å². The first kappa shape index (κ1) is 17.8. The van der Waals surface area contributed by atoms with Gasteiger partial charge < -0.3 is 15.0 Å². The van der Waals surface area contributed by atoms with Crippen molar-refractivity contribution in [3.8, 4) is 5.75 Å². The Kier molecular flexibility index (Phi) is 6.89. The number of anilines is 1. The Labute approximate surface area is 151 Å². The predicted octanol–water partition coefficient (Wildman–Crippen LogP) is 5.19. The number of thiocarbonyl (C=S) groups is 1. The fourth-order valence-electron chi connectivity index (χ4n) is 2.00. The number of thiophene rings is 1. The van der Waals surface area contributed by atoms with E-state index >= 15 is 0 Å². The fourth-order valence-corrected chi connectivity index (χ4v) is 3.36. The number of halogens is 1. The van der Waals surface area contributed by atoms with Crippen molar-refractivity contribution < 1.29 is 4.74 Å². The lowest BCUT2D eigenvalue weighted by molar-refractivity contribution is 0.340. The number of nitrogens with one attached hydrogen (secondary N) is 1. The second kappa shape index (κ2) is 8.91. The van der Waals surface area contributed by atoms with E-state index in [0.29, 0.717) is 24.8 Å². The highest BCUT2D eigenvalue weighted by Gasteiger charge is 2.11. The minimum Gasteiger partial charge on any atom is -0.494 e. The van der Waals surface area contributed by atoms with E-state index < -0.39 is 0 Å². The Morgan fingerprint density at radius 3 is 2.65 bits per heavy atom. The van der Waals surface area contributed by atoms with Crippen LogP contribution < -0.4 is 10.1 Å². The first-order valence-electron chi connectivity index (χ1n) is 7.26. The van der Waals surface area contributed by atoms with Crippen LogP contribution in [0.5, 0.6) is 5.75 Å². The van der Waals surface area contributed by atoms with Gasteiger partial charge in [-0.2, -0.15) is 0 Å². The maximum Gasteiger partial charge on any atom is 0.174 e. The van der Waals surface area contributed by atoms with Crippen LogP contribution in [0.15, 0.2) is 49.1 Å². The van der Waals surface area contributed by atoms with Gasteiger partial charge in [0.25, 0.3) is 0 Å². The number of rotatable bonds is 7. The summed E-state index contributed by atoms with van der Waals surface area (Å²) in [4.78, 5) is 3.20. The number of hydrogen-bond donors (Lipinski definition) is 1. The molecule has 1 heterocycles. The van der Waals surface area contributed by atoms with Crippen LogP contribution in [0.2, 0.25) is 4.34 Å². The minimum atomic E-state index is 0.651. The van der Waals surface area contributed by atoms with Gasteiger partial charge in [-0.3, -0.25) is 0 Å². The van der Waals surface area contributed by atoms with Crippen molar-refractivity contribution in [1.29, 1.82) is 0 Å². The van der Waals surface area contributed by atoms with E-state index in [1.165, 1.54) is 0 Å². The van der Waals surface area contributed by atoms with Crippen molar-refractivity contribution in [3.05, 3.63) is 58.3 Å². The third kappa shape index (κ3) is 5.53. The molecule has 0 amide bonds. The summed E-state index contributed by atoms with van der Waals surface area (Å²) in [5, 5.41) is 3.90. The molecule has 0 saturated heterocycles. The molecule has 0 aliphatic rings. The van der Waals surface area contributed by atoms with Crippen LogP contribution >= 0.6 is 35.2 Å². The second-order valence-electron chi connectivity index (χ2n) is 4.76. The molecule has 0 radical (unpaired) electrons. The van der Waals surface area contributed by atoms with Crippen molar-refractivity contribution in [1.82, 2.24) is 4.90 Å². The summed E-state index contributed by atoms with van der Waals surface area (Å²) in [5.41, 5.74) is 0.928. The maximum atomic E-state index is 5.99. The third-order valence-corrected chi connectivity index (χ3v) is 4.61. The normalized spacial score (nSPS) is 10.2. The van der Waals surface area contributed by atoms with E-state index in [1.807, 2.05) is 54.3 Å². The first-order valence-corrected chi connectivity index (χ1v) is 8.86. The Balaban J connectivity index is 2.00. The molecule has 1 aromatic carbocycles. The standard InChI is InChI=1S/C17H19ClN2OS2/c1-3-11-20(12-15-9-10-16(18)23-15)17(22)19-13-5-7-14(8-6-13)21-4-2/h3,5-10H,1,4,11-12H2,2H3,(H,19,22). The molecule has 0 saturated carbocycles. The van der Waals surface area contributed by atoms with Crippen LogP contribution in [0, 0.1) is 0 Å². The molecular formula is C17H19ClN2OS2. The number of hydrogen-bond acceptors (Lipinski definition) is 3. The molecule has 0 aliphatic heterocycles. The molecule has 0 atom stereocenters. The summed E-state index contributed by atoms with van der Waals surface area (Å²) in [7, 11) is 0. The van der Waals surface area contributed by atoms with E-state index in [9.17, 15) is 0 Å². The van der Waals surface area contributed by atoms with Gasteiger partial charge in [-0.15, -0.1) is 17.9 Å². The summed E-state index contributed by atoms with van der Waals surface area (Å²) in [6.07, 6.45) is 1.83. The topological polar surface area (TPSA) is 24.5 Å². The lowest BCUT2D eigenvalue weighted by atomic mass is 10.3. The molecule has 2 aromatic rings. The Morgan fingerprint density at radius 1 is 1.35 bits per heavy atom. The Hall–Kier alpha value is -1.56. The maximum absolute atomic E-state index is 5.99. The highest BCUT2D eigenvalue weighted by molar-refractivity contribution is 7.80. The van der Waals surface area contributed by atoms with Crippen LogP contribution in [0.3, 0.4) is 0 Å². The van der Waals surface area contributed by atoms with Gasteiger partial charge in [0, 0.05) is 17.1 Å². The second-order valence-corrected chi connectivity index (χ2v) is 6.95. The van der Waals surface area contributed by atoms with Crippen molar-refractivity contribution in [3.63, 3.8) is 0 Å². The highest BCUT2D eigenvalue weighted by Crippen LogP contribution is 2.23. The molecule has 122 valence electrons. The van der Waals surface area contributed by atoms with Gasteiger partial charge >= 0.3 is 0 Å². The molecule has 0 spiro atoms. The lowest BCUT2D eigenvalue weighted by Crippen LogP contribution is -2.34. The molecule has 0 unspecified atom stereocenters. The van der Waals surface area contributed by atoms with Crippen LogP contribution in [0.25, 0.3) is 0 Å². The molecule has 0 fully saturated rings. The van der Waals surface area contributed by atoms with E-state index in [4.69, 9.17) is 28.6 Å². The zero-order chi connectivity index (χ0) is 16.7. The van der Waals surface area contributed by atoms with Crippen LogP contribution in [0.4, 0.5) is 5.69 Å². The molecular weight excluding hydrogens is 348 g/mol. The summed E-state index contributed by atoms with van der Waals surface area (Å²) in [6.45, 7) is 7.78. The SMILES string of the molecule is C=CCN(Cc1ccc(Cl)s1)C(=S)Nc1ccc(OCC)cc1. The van der Waals surface area contributed by atoms with Crippen molar-refractivity contribution in [2.45, 2.75) is 13.5 Å². The largest absolute Gasteiger partial charge is 0.494 e. The van der Waals surface area contributed by atoms with Gasteiger partial charge in [-0.25, -0.2) is 0 Å². The predicted molar refractivity (Wildman–Crippen MR) is 104 cm³/mol. The Bertz CT molecular complexity index is 655. The number of benzene rings is 1. The lowest BCUT2D eigenvalue weighted by Gasteiger charge is -2.24. The molecule has 1 N–H and O–H groups in total.